The van der Waals surface area contributed by atoms with E-state index in [-0.39, 0.29) is 6.04 Å². The summed E-state index contributed by atoms with van der Waals surface area (Å²) < 4.78 is 4.63. The van der Waals surface area contributed by atoms with Crippen molar-refractivity contribution in [3.63, 3.8) is 0 Å². The van der Waals surface area contributed by atoms with Crippen molar-refractivity contribution in [2.45, 2.75) is 13.0 Å². The number of nitrogens with zero attached hydrogens (tertiary/aromatic N) is 3. The van der Waals surface area contributed by atoms with E-state index in [1.807, 2.05) is 19.2 Å². The minimum absolute atomic E-state index is 0.0295. The number of benzene rings is 1. The van der Waals surface area contributed by atoms with Crippen LogP contribution in [0.5, 0.6) is 0 Å². The van der Waals surface area contributed by atoms with Crippen LogP contribution in [0.4, 0.5) is 0 Å². The lowest BCUT2D eigenvalue weighted by Gasteiger charge is -2.20. The van der Waals surface area contributed by atoms with Crippen molar-refractivity contribution in [1.82, 2.24) is 20.3 Å². The second kappa shape index (κ2) is 6.47. The van der Waals surface area contributed by atoms with Gasteiger partial charge in [-0.2, -0.15) is 0 Å². The van der Waals surface area contributed by atoms with Crippen LogP contribution < -0.4 is 5.32 Å². The molecule has 1 aromatic heterocycles. The summed E-state index contributed by atoms with van der Waals surface area (Å²) in [5.74, 6) is 0. The van der Waals surface area contributed by atoms with E-state index in [0.717, 1.165) is 31.4 Å². The standard InChI is InChI=1S/C12H13Br3N4/c1-3-16-10(11-12(15)17-18-19(11)2)8-5-4-7(13)6-9(8)14/h4-6,10,16H,3H2,1-2H3. The molecule has 1 N–H and O–H groups in total. The molecule has 1 unspecified atom stereocenters. The lowest BCUT2D eigenvalue weighted by Crippen LogP contribution is -2.25. The van der Waals surface area contributed by atoms with E-state index in [0.29, 0.717) is 0 Å². The van der Waals surface area contributed by atoms with Crippen molar-refractivity contribution in [3.05, 3.63) is 43.0 Å². The number of halogens is 3. The van der Waals surface area contributed by atoms with Gasteiger partial charge >= 0.3 is 0 Å². The molecule has 0 aliphatic rings. The van der Waals surface area contributed by atoms with Gasteiger partial charge < -0.3 is 5.32 Å². The number of aryl methyl sites for hydroxylation is 1. The van der Waals surface area contributed by atoms with Crippen molar-refractivity contribution in [3.8, 4) is 0 Å². The monoisotopic (exact) mass is 450 g/mol. The van der Waals surface area contributed by atoms with Gasteiger partial charge in [-0.05, 0) is 40.2 Å². The molecule has 0 saturated carbocycles. The molecular formula is C12H13Br3N4. The molecule has 0 bridgehead atoms. The Labute approximate surface area is 137 Å². The highest BCUT2D eigenvalue weighted by atomic mass is 79.9. The summed E-state index contributed by atoms with van der Waals surface area (Å²) in [6.07, 6.45) is 0. The summed E-state index contributed by atoms with van der Waals surface area (Å²) in [6, 6.07) is 6.18. The van der Waals surface area contributed by atoms with Crippen LogP contribution in [0.15, 0.2) is 31.7 Å². The van der Waals surface area contributed by atoms with E-state index in [9.17, 15) is 0 Å². The molecule has 4 nitrogen and oxygen atoms in total. The minimum atomic E-state index is 0.0295. The maximum atomic E-state index is 4.06. The quantitative estimate of drug-likeness (QED) is 0.767. The van der Waals surface area contributed by atoms with E-state index in [2.05, 4.69) is 76.4 Å². The molecule has 0 amide bonds. The number of rotatable bonds is 4. The Kier molecular flexibility index (Phi) is 5.16. The van der Waals surface area contributed by atoms with E-state index < -0.39 is 0 Å². The van der Waals surface area contributed by atoms with E-state index >= 15 is 0 Å². The Bertz CT molecular complexity index is 563. The molecule has 0 radical (unpaired) electrons. The van der Waals surface area contributed by atoms with Gasteiger partial charge in [0.25, 0.3) is 0 Å². The summed E-state index contributed by atoms with van der Waals surface area (Å²) in [7, 11) is 1.89. The number of nitrogens with one attached hydrogen (secondary N) is 1. The van der Waals surface area contributed by atoms with Gasteiger partial charge in [0.05, 0.1) is 11.7 Å². The van der Waals surface area contributed by atoms with E-state index in [1.165, 1.54) is 0 Å². The molecule has 1 heterocycles. The highest BCUT2D eigenvalue weighted by molar-refractivity contribution is 9.11. The van der Waals surface area contributed by atoms with Crippen LogP contribution in [0, 0.1) is 0 Å². The molecule has 0 fully saturated rings. The second-order valence-corrected chi connectivity index (χ2v) is 6.57. The fourth-order valence-electron chi connectivity index (χ4n) is 1.94. The first kappa shape index (κ1) is 15.2. The summed E-state index contributed by atoms with van der Waals surface area (Å²) in [5, 5.41) is 11.6. The fraction of sp³-hybridized carbons (Fsp3) is 0.333. The van der Waals surface area contributed by atoms with Crippen molar-refractivity contribution in [1.29, 1.82) is 0 Å². The normalized spacial score (nSPS) is 12.7. The SMILES string of the molecule is CCNC(c1ccc(Br)cc1Br)c1c(Br)nnn1C. The third-order valence-corrected chi connectivity index (χ3v) is 4.53. The molecule has 0 saturated heterocycles. The Morgan fingerprint density at radius 1 is 1.32 bits per heavy atom. The lowest BCUT2D eigenvalue weighted by atomic mass is 10.0. The zero-order chi connectivity index (χ0) is 14.0. The molecule has 0 aliphatic heterocycles. The first-order valence-corrected chi connectivity index (χ1v) is 8.16. The van der Waals surface area contributed by atoms with Crippen LogP contribution >= 0.6 is 47.8 Å². The Morgan fingerprint density at radius 2 is 2.05 bits per heavy atom. The first-order valence-electron chi connectivity index (χ1n) is 5.78. The van der Waals surface area contributed by atoms with Gasteiger partial charge in [0, 0.05) is 16.0 Å². The number of hydrogen-bond acceptors (Lipinski definition) is 3. The van der Waals surface area contributed by atoms with Crippen LogP contribution in [-0.2, 0) is 7.05 Å². The summed E-state index contributed by atoms with van der Waals surface area (Å²) in [4.78, 5) is 0. The third kappa shape index (κ3) is 3.26. The van der Waals surface area contributed by atoms with Gasteiger partial charge in [-0.3, -0.25) is 0 Å². The van der Waals surface area contributed by atoms with Crippen LogP contribution in [0.2, 0.25) is 0 Å². The lowest BCUT2D eigenvalue weighted by molar-refractivity contribution is 0.565. The van der Waals surface area contributed by atoms with Gasteiger partial charge in [0.2, 0.25) is 0 Å². The summed E-state index contributed by atoms with van der Waals surface area (Å²) in [5.41, 5.74) is 2.15. The largest absolute Gasteiger partial charge is 0.305 e. The maximum absolute atomic E-state index is 4.06. The maximum Gasteiger partial charge on any atom is 0.153 e. The molecule has 1 atom stereocenters. The molecule has 1 aromatic carbocycles. The Morgan fingerprint density at radius 3 is 2.58 bits per heavy atom. The zero-order valence-corrected chi connectivity index (χ0v) is 15.3. The molecule has 19 heavy (non-hydrogen) atoms. The van der Waals surface area contributed by atoms with Gasteiger partial charge in [-0.15, -0.1) is 5.10 Å². The van der Waals surface area contributed by atoms with Gasteiger partial charge in [-0.25, -0.2) is 4.68 Å². The fourth-order valence-corrected chi connectivity index (χ4v) is 3.77. The van der Waals surface area contributed by atoms with Crippen molar-refractivity contribution < 1.29 is 0 Å². The molecule has 0 aliphatic carbocycles. The average molecular weight is 453 g/mol. The van der Waals surface area contributed by atoms with Crippen molar-refractivity contribution in [2.24, 2.45) is 7.05 Å². The van der Waals surface area contributed by atoms with Gasteiger partial charge in [0.1, 0.15) is 0 Å². The van der Waals surface area contributed by atoms with Gasteiger partial charge in [0.15, 0.2) is 4.60 Å². The molecule has 102 valence electrons. The topological polar surface area (TPSA) is 42.7 Å². The van der Waals surface area contributed by atoms with Gasteiger partial charge in [-0.1, -0.05) is 50.1 Å². The van der Waals surface area contributed by atoms with Crippen LogP contribution in [-0.4, -0.2) is 21.5 Å². The summed E-state index contributed by atoms with van der Waals surface area (Å²) in [6.45, 7) is 2.93. The Hall–Kier alpha value is -0.240. The predicted molar refractivity (Wildman–Crippen MR) is 86.1 cm³/mol. The molecule has 0 spiro atoms. The van der Waals surface area contributed by atoms with E-state index in [4.69, 9.17) is 0 Å². The van der Waals surface area contributed by atoms with Crippen LogP contribution in [0.25, 0.3) is 0 Å². The molecular weight excluding hydrogens is 440 g/mol. The van der Waals surface area contributed by atoms with Crippen LogP contribution in [0.3, 0.4) is 0 Å². The highest BCUT2D eigenvalue weighted by Crippen LogP contribution is 2.32. The molecule has 2 aromatic rings. The van der Waals surface area contributed by atoms with Crippen molar-refractivity contribution >= 4 is 47.8 Å². The van der Waals surface area contributed by atoms with Crippen molar-refractivity contribution in [2.75, 3.05) is 6.54 Å². The number of aromatic nitrogens is 3. The van der Waals surface area contributed by atoms with E-state index in [1.54, 1.807) is 4.68 Å². The zero-order valence-electron chi connectivity index (χ0n) is 10.5. The Balaban J connectivity index is 2.51. The summed E-state index contributed by atoms with van der Waals surface area (Å²) >= 11 is 10.6. The number of hydrogen-bond donors (Lipinski definition) is 1. The van der Waals surface area contributed by atoms with Crippen LogP contribution in [0.1, 0.15) is 24.2 Å². The smallest absolute Gasteiger partial charge is 0.153 e. The molecule has 2 rings (SSSR count). The average Bonchev–Trinajstić information content (AvgIpc) is 2.67. The third-order valence-electron chi connectivity index (χ3n) is 2.78. The first-order chi connectivity index (χ1) is 9.04. The predicted octanol–water partition coefficient (Wildman–Crippen LogP) is 3.80. The molecule has 7 heteroatoms. The second-order valence-electron chi connectivity index (χ2n) is 4.05. The highest BCUT2D eigenvalue weighted by Gasteiger charge is 2.23. The minimum Gasteiger partial charge on any atom is -0.305 e.